The Balaban J connectivity index is 2.58. The number of nitrogens with zero attached hydrogens (tertiary/aromatic N) is 2. The van der Waals surface area contributed by atoms with E-state index in [9.17, 15) is 0 Å². The van der Waals surface area contributed by atoms with E-state index in [0.29, 0.717) is 19.8 Å². The number of rotatable bonds is 9. The Morgan fingerprint density at radius 3 is 2.26 bits per heavy atom. The first-order chi connectivity index (χ1) is 9.19. The van der Waals surface area contributed by atoms with E-state index in [1.807, 2.05) is 13.8 Å². The molecule has 1 aromatic heterocycles. The van der Waals surface area contributed by atoms with Crippen LogP contribution in [0.15, 0.2) is 0 Å². The van der Waals surface area contributed by atoms with Gasteiger partial charge in [0.15, 0.2) is 0 Å². The molecular formula is C13H24N4O2. The van der Waals surface area contributed by atoms with Gasteiger partial charge in [0.25, 0.3) is 0 Å². The SMILES string of the molecule is CCCNc1nc(C)nc(NCCOCCO)c1C. The maximum Gasteiger partial charge on any atom is 0.134 e. The molecule has 0 radical (unpaired) electrons. The Hall–Kier alpha value is -1.40. The number of hydrogen-bond donors (Lipinski definition) is 3. The molecular weight excluding hydrogens is 244 g/mol. The lowest BCUT2D eigenvalue weighted by Crippen LogP contribution is -2.15. The molecule has 0 saturated carbocycles. The molecule has 19 heavy (non-hydrogen) atoms. The molecule has 0 aromatic carbocycles. The first kappa shape index (κ1) is 15.7. The summed E-state index contributed by atoms with van der Waals surface area (Å²) in [5.74, 6) is 2.45. The molecule has 0 amide bonds. The number of aliphatic hydroxyl groups is 1. The first-order valence-corrected chi connectivity index (χ1v) is 6.70. The molecule has 6 nitrogen and oxygen atoms in total. The van der Waals surface area contributed by atoms with Gasteiger partial charge in [-0.1, -0.05) is 6.92 Å². The molecule has 0 aliphatic carbocycles. The molecule has 1 heterocycles. The fourth-order valence-electron chi connectivity index (χ4n) is 1.62. The van der Waals surface area contributed by atoms with Gasteiger partial charge in [0.1, 0.15) is 17.5 Å². The molecule has 0 fully saturated rings. The second-order valence-corrected chi connectivity index (χ2v) is 4.28. The van der Waals surface area contributed by atoms with Gasteiger partial charge in [0.05, 0.1) is 19.8 Å². The predicted octanol–water partition coefficient (Wildman–Crippen LogP) is 1.34. The van der Waals surface area contributed by atoms with Crippen molar-refractivity contribution in [3.05, 3.63) is 11.4 Å². The molecule has 0 atom stereocenters. The summed E-state index contributed by atoms with van der Waals surface area (Å²) < 4.78 is 5.20. The van der Waals surface area contributed by atoms with Crippen LogP contribution in [0, 0.1) is 13.8 Å². The smallest absolute Gasteiger partial charge is 0.134 e. The van der Waals surface area contributed by atoms with Crippen LogP contribution in [0.1, 0.15) is 24.7 Å². The second kappa shape index (κ2) is 8.66. The number of aryl methyl sites for hydroxylation is 1. The fourth-order valence-corrected chi connectivity index (χ4v) is 1.62. The van der Waals surface area contributed by atoms with Crippen LogP contribution in [-0.2, 0) is 4.74 Å². The number of aliphatic hydroxyl groups excluding tert-OH is 1. The highest BCUT2D eigenvalue weighted by Crippen LogP contribution is 2.19. The third-order valence-corrected chi connectivity index (χ3v) is 2.57. The van der Waals surface area contributed by atoms with Crippen molar-refractivity contribution in [3.63, 3.8) is 0 Å². The van der Waals surface area contributed by atoms with Gasteiger partial charge in [-0.2, -0.15) is 0 Å². The lowest BCUT2D eigenvalue weighted by Gasteiger charge is -2.14. The minimum Gasteiger partial charge on any atom is -0.394 e. The van der Waals surface area contributed by atoms with E-state index in [-0.39, 0.29) is 6.61 Å². The van der Waals surface area contributed by atoms with Gasteiger partial charge in [0, 0.05) is 18.7 Å². The largest absolute Gasteiger partial charge is 0.394 e. The molecule has 0 aliphatic rings. The number of aromatic nitrogens is 2. The molecule has 0 bridgehead atoms. The van der Waals surface area contributed by atoms with Crippen LogP contribution in [0.25, 0.3) is 0 Å². The quantitative estimate of drug-likeness (QED) is 0.586. The Kier molecular flexibility index (Phi) is 7.14. The molecule has 1 rings (SSSR count). The Bertz CT molecular complexity index is 385. The van der Waals surface area contributed by atoms with E-state index in [1.54, 1.807) is 0 Å². The minimum absolute atomic E-state index is 0.0523. The minimum atomic E-state index is 0.0523. The molecule has 1 aromatic rings. The molecule has 0 spiro atoms. The number of anilines is 2. The average molecular weight is 268 g/mol. The summed E-state index contributed by atoms with van der Waals surface area (Å²) in [5.41, 5.74) is 1.02. The van der Waals surface area contributed by atoms with Crippen LogP contribution in [0.5, 0.6) is 0 Å². The highest BCUT2D eigenvalue weighted by Gasteiger charge is 2.08. The van der Waals surface area contributed by atoms with Gasteiger partial charge in [-0.3, -0.25) is 0 Å². The lowest BCUT2D eigenvalue weighted by molar-refractivity contribution is 0.0992. The van der Waals surface area contributed by atoms with Crippen LogP contribution in [0.3, 0.4) is 0 Å². The number of nitrogens with one attached hydrogen (secondary N) is 2. The maximum absolute atomic E-state index is 8.61. The normalized spacial score (nSPS) is 10.5. The van der Waals surface area contributed by atoms with E-state index in [2.05, 4.69) is 27.5 Å². The summed E-state index contributed by atoms with van der Waals surface area (Å²) in [5, 5.41) is 15.1. The predicted molar refractivity (Wildman–Crippen MR) is 76.7 cm³/mol. The van der Waals surface area contributed by atoms with Gasteiger partial charge in [-0.15, -0.1) is 0 Å². The van der Waals surface area contributed by atoms with Crippen molar-refractivity contribution in [2.75, 3.05) is 43.5 Å². The van der Waals surface area contributed by atoms with E-state index in [4.69, 9.17) is 9.84 Å². The Labute approximate surface area is 114 Å². The van der Waals surface area contributed by atoms with Gasteiger partial charge >= 0.3 is 0 Å². The molecule has 0 aliphatic heterocycles. The van der Waals surface area contributed by atoms with E-state index >= 15 is 0 Å². The Morgan fingerprint density at radius 2 is 1.68 bits per heavy atom. The van der Waals surface area contributed by atoms with Crippen LogP contribution in [0.2, 0.25) is 0 Å². The van der Waals surface area contributed by atoms with Crippen molar-refractivity contribution in [1.82, 2.24) is 9.97 Å². The van der Waals surface area contributed by atoms with Crippen molar-refractivity contribution in [2.24, 2.45) is 0 Å². The van der Waals surface area contributed by atoms with Crippen LogP contribution in [0.4, 0.5) is 11.6 Å². The molecule has 0 unspecified atom stereocenters. The van der Waals surface area contributed by atoms with Crippen LogP contribution in [-0.4, -0.2) is 48.0 Å². The summed E-state index contributed by atoms with van der Waals surface area (Å²) in [6.07, 6.45) is 1.06. The summed E-state index contributed by atoms with van der Waals surface area (Å²) in [4.78, 5) is 8.79. The van der Waals surface area contributed by atoms with Gasteiger partial charge in [-0.05, 0) is 20.3 Å². The molecule has 3 N–H and O–H groups in total. The van der Waals surface area contributed by atoms with Crippen LogP contribution >= 0.6 is 0 Å². The Morgan fingerprint density at radius 1 is 1.05 bits per heavy atom. The molecule has 6 heteroatoms. The second-order valence-electron chi connectivity index (χ2n) is 4.28. The van der Waals surface area contributed by atoms with Crippen LogP contribution < -0.4 is 10.6 Å². The van der Waals surface area contributed by atoms with E-state index in [0.717, 1.165) is 36.0 Å². The zero-order valence-electron chi connectivity index (χ0n) is 12.0. The fraction of sp³-hybridized carbons (Fsp3) is 0.692. The first-order valence-electron chi connectivity index (χ1n) is 6.70. The highest BCUT2D eigenvalue weighted by atomic mass is 16.5. The molecule has 0 saturated heterocycles. The van der Waals surface area contributed by atoms with E-state index in [1.165, 1.54) is 0 Å². The zero-order valence-corrected chi connectivity index (χ0v) is 12.0. The molecule has 108 valence electrons. The number of ether oxygens (including phenoxy) is 1. The summed E-state index contributed by atoms with van der Waals surface area (Å²) in [7, 11) is 0. The third-order valence-electron chi connectivity index (χ3n) is 2.57. The van der Waals surface area contributed by atoms with E-state index < -0.39 is 0 Å². The maximum atomic E-state index is 8.61. The summed E-state index contributed by atoms with van der Waals surface area (Å²) >= 11 is 0. The van der Waals surface area contributed by atoms with Crippen molar-refractivity contribution in [1.29, 1.82) is 0 Å². The third kappa shape index (κ3) is 5.40. The number of hydrogen-bond acceptors (Lipinski definition) is 6. The standard InChI is InChI=1S/C13H24N4O2/c1-4-5-14-12-10(2)13(17-11(3)16-12)15-6-8-19-9-7-18/h18H,4-9H2,1-3H3,(H2,14,15,16,17). The van der Waals surface area contributed by atoms with Gasteiger partial charge in [-0.25, -0.2) is 9.97 Å². The topological polar surface area (TPSA) is 79.3 Å². The van der Waals surface area contributed by atoms with Gasteiger partial charge < -0.3 is 20.5 Å². The summed E-state index contributed by atoms with van der Waals surface area (Å²) in [6, 6.07) is 0. The summed E-state index contributed by atoms with van der Waals surface area (Å²) in [6.45, 7) is 8.51. The van der Waals surface area contributed by atoms with Gasteiger partial charge in [0.2, 0.25) is 0 Å². The monoisotopic (exact) mass is 268 g/mol. The lowest BCUT2D eigenvalue weighted by atomic mass is 10.3. The van der Waals surface area contributed by atoms with Crippen molar-refractivity contribution in [3.8, 4) is 0 Å². The van der Waals surface area contributed by atoms with Crippen molar-refractivity contribution < 1.29 is 9.84 Å². The highest BCUT2D eigenvalue weighted by molar-refractivity contribution is 5.57. The van der Waals surface area contributed by atoms with Crippen molar-refractivity contribution >= 4 is 11.6 Å². The van der Waals surface area contributed by atoms with Crippen molar-refractivity contribution in [2.45, 2.75) is 27.2 Å². The average Bonchev–Trinajstić information content (AvgIpc) is 2.40. The zero-order chi connectivity index (χ0) is 14.1.